The van der Waals surface area contributed by atoms with Crippen molar-refractivity contribution in [2.24, 2.45) is 5.92 Å². The molecular formula is C23H29NO3. The average Bonchev–Trinajstić information content (AvgIpc) is 2.66. The Kier molecular flexibility index (Phi) is 6.17. The van der Waals surface area contributed by atoms with Crippen LogP contribution >= 0.6 is 0 Å². The second-order valence-electron chi connectivity index (χ2n) is 7.86. The summed E-state index contributed by atoms with van der Waals surface area (Å²) in [6, 6.07) is 17.8. The first-order valence-corrected chi connectivity index (χ1v) is 9.60. The molecule has 1 fully saturated rings. The Morgan fingerprint density at radius 3 is 2.52 bits per heavy atom. The first-order valence-electron chi connectivity index (χ1n) is 9.60. The monoisotopic (exact) mass is 367 g/mol. The van der Waals surface area contributed by atoms with E-state index in [-0.39, 0.29) is 17.4 Å². The summed E-state index contributed by atoms with van der Waals surface area (Å²) >= 11 is 0. The number of hydrogen-bond donors (Lipinski definition) is 1. The number of amides is 1. The highest BCUT2D eigenvalue weighted by Crippen LogP contribution is 2.40. The highest BCUT2D eigenvalue weighted by Gasteiger charge is 2.35. The minimum absolute atomic E-state index is 0.0401. The lowest BCUT2D eigenvalue weighted by Crippen LogP contribution is -2.37. The van der Waals surface area contributed by atoms with E-state index in [4.69, 9.17) is 9.47 Å². The van der Waals surface area contributed by atoms with E-state index < -0.39 is 0 Å². The van der Waals surface area contributed by atoms with E-state index in [2.05, 4.69) is 31.3 Å². The number of ether oxygens (including phenoxy) is 2. The summed E-state index contributed by atoms with van der Waals surface area (Å²) in [6.07, 6.45) is 2.41. The number of methoxy groups -OCH3 is 1. The Labute approximate surface area is 161 Å². The van der Waals surface area contributed by atoms with Crippen LogP contribution in [0.1, 0.15) is 44.6 Å². The first kappa shape index (κ1) is 19.4. The van der Waals surface area contributed by atoms with Crippen molar-refractivity contribution < 1.29 is 14.3 Å². The van der Waals surface area contributed by atoms with E-state index >= 15 is 0 Å². The van der Waals surface area contributed by atoms with Crippen LogP contribution in [0.5, 0.6) is 5.75 Å². The number of carbonyl (C=O) groups excluding carboxylic acids is 1. The van der Waals surface area contributed by atoms with Crippen molar-refractivity contribution in [1.82, 2.24) is 0 Å². The molecular weight excluding hydrogens is 338 g/mol. The smallest absolute Gasteiger partial charge is 0.224 e. The van der Waals surface area contributed by atoms with E-state index in [1.807, 2.05) is 42.5 Å². The van der Waals surface area contributed by atoms with Crippen LogP contribution in [-0.2, 0) is 9.53 Å². The van der Waals surface area contributed by atoms with Crippen LogP contribution in [0.25, 0.3) is 0 Å². The van der Waals surface area contributed by atoms with Gasteiger partial charge in [0.25, 0.3) is 0 Å². The molecule has 27 heavy (non-hydrogen) atoms. The first-order chi connectivity index (χ1) is 13.0. The van der Waals surface area contributed by atoms with Crippen molar-refractivity contribution in [3.8, 4) is 5.75 Å². The molecule has 0 unspecified atom stereocenters. The van der Waals surface area contributed by atoms with Gasteiger partial charge in [-0.1, -0.05) is 30.3 Å². The normalized spacial score (nSPS) is 19.9. The Hall–Kier alpha value is -2.33. The molecule has 3 rings (SSSR count). The maximum atomic E-state index is 12.8. The van der Waals surface area contributed by atoms with Crippen LogP contribution in [0.15, 0.2) is 54.6 Å². The van der Waals surface area contributed by atoms with Gasteiger partial charge >= 0.3 is 0 Å². The zero-order chi connectivity index (χ0) is 19.3. The molecule has 0 spiro atoms. The molecule has 2 atom stereocenters. The van der Waals surface area contributed by atoms with Gasteiger partial charge in [0, 0.05) is 18.7 Å². The zero-order valence-corrected chi connectivity index (χ0v) is 16.4. The van der Waals surface area contributed by atoms with E-state index in [1.165, 1.54) is 5.56 Å². The lowest BCUT2D eigenvalue weighted by atomic mass is 9.75. The number of hydrogen-bond acceptors (Lipinski definition) is 3. The second kappa shape index (κ2) is 8.57. The summed E-state index contributed by atoms with van der Waals surface area (Å²) in [7, 11) is 1.63. The van der Waals surface area contributed by atoms with Gasteiger partial charge in [-0.3, -0.25) is 4.79 Å². The topological polar surface area (TPSA) is 47.6 Å². The number of rotatable bonds is 6. The minimum atomic E-state index is -0.137. The summed E-state index contributed by atoms with van der Waals surface area (Å²) in [4.78, 5) is 12.8. The van der Waals surface area contributed by atoms with Crippen molar-refractivity contribution in [2.75, 3.05) is 19.0 Å². The van der Waals surface area contributed by atoms with Crippen molar-refractivity contribution >= 4 is 11.6 Å². The SMILES string of the molecule is COc1ccc(NC(=O)C[C@@H](c2ccccc2)[C@H]2CCOC(C)(C)C2)cc1. The molecule has 0 aromatic heterocycles. The van der Waals surface area contributed by atoms with Gasteiger partial charge in [0.05, 0.1) is 12.7 Å². The van der Waals surface area contributed by atoms with E-state index in [9.17, 15) is 4.79 Å². The Balaban J connectivity index is 1.73. The quantitative estimate of drug-likeness (QED) is 0.780. The number of carbonyl (C=O) groups is 1. The molecule has 0 saturated carbocycles. The van der Waals surface area contributed by atoms with Gasteiger partial charge in [-0.25, -0.2) is 0 Å². The van der Waals surface area contributed by atoms with Gasteiger partial charge in [-0.05, 0) is 68.4 Å². The fourth-order valence-electron chi connectivity index (χ4n) is 3.97. The molecule has 1 amide bonds. The lowest BCUT2D eigenvalue weighted by Gasteiger charge is -2.39. The molecule has 4 nitrogen and oxygen atoms in total. The van der Waals surface area contributed by atoms with Crippen LogP contribution in [0.2, 0.25) is 0 Å². The molecule has 0 bridgehead atoms. The van der Waals surface area contributed by atoms with Gasteiger partial charge < -0.3 is 14.8 Å². The van der Waals surface area contributed by atoms with E-state index in [0.29, 0.717) is 12.3 Å². The summed E-state index contributed by atoms with van der Waals surface area (Å²) in [5.74, 6) is 1.43. The molecule has 0 aliphatic carbocycles. The Bertz CT molecular complexity index is 740. The minimum Gasteiger partial charge on any atom is -0.497 e. The van der Waals surface area contributed by atoms with Crippen molar-refractivity contribution in [3.63, 3.8) is 0 Å². The van der Waals surface area contributed by atoms with Gasteiger partial charge in [0.15, 0.2) is 0 Å². The highest BCUT2D eigenvalue weighted by atomic mass is 16.5. The molecule has 1 aliphatic heterocycles. The summed E-state index contributed by atoms with van der Waals surface area (Å²) < 4.78 is 11.1. The molecule has 2 aromatic carbocycles. The highest BCUT2D eigenvalue weighted by molar-refractivity contribution is 5.91. The molecule has 1 saturated heterocycles. The summed E-state index contributed by atoms with van der Waals surface area (Å²) in [6.45, 7) is 5.03. The number of anilines is 1. The van der Waals surface area contributed by atoms with Crippen molar-refractivity contribution in [1.29, 1.82) is 0 Å². The molecule has 4 heteroatoms. The maximum Gasteiger partial charge on any atom is 0.224 e. The van der Waals surface area contributed by atoms with Crippen LogP contribution in [0.3, 0.4) is 0 Å². The van der Waals surface area contributed by atoms with Crippen LogP contribution in [-0.4, -0.2) is 25.2 Å². The molecule has 0 radical (unpaired) electrons. The third-order valence-electron chi connectivity index (χ3n) is 5.31. The van der Waals surface area contributed by atoms with Gasteiger partial charge in [-0.2, -0.15) is 0 Å². The third kappa shape index (κ3) is 5.33. The Morgan fingerprint density at radius 1 is 1.19 bits per heavy atom. The summed E-state index contributed by atoms with van der Waals surface area (Å²) in [5, 5.41) is 3.03. The fourth-order valence-corrected chi connectivity index (χ4v) is 3.97. The van der Waals surface area contributed by atoms with E-state index in [1.54, 1.807) is 7.11 Å². The largest absolute Gasteiger partial charge is 0.497 e. The van der Waals surface area contributed by atoms with Crippen molar-refractivity contribution in [2.45, 2.75) is 44.6 Å². The van der Waals surface area contributed by atoms with Crippen LogP contribution in [0, 0.1) is 5.92 Å². The predicted molar refractivity (Wildman–Crippen MR) is 108 cm³/mol. The molecule has 144 valence electrons. The fraction of sp³-hybridized carbons (Fsp3) is 0.435. The third-order valence-corrected chi connectivity index (χ3v) is 5.31. The van der Waals surface area contributed by atoms with Gasteiger partial charge in [-0.15, -0.1) is 0 Å². The molecule has 1 aliphatic rings. The predicted octanol–water partition coefficient (Wildman–Crippen LogP) is 5.01. The van der Waals surface area contributed by atoms with Gasteiger partial charge in [0.1, 0.15) is 5.75 Å². The molecule has 2 aromatic rings. The molecule has 1 N–H and O–H groups in total. The maximum absolute atomic E-state index is 12.8. The standard InChI is InChI=1S/C23H29NO3/c1-23(2)16-18(13-14-27-23)21(17-7-5-4-6-8-17)15-22(25)24-19-9-11-20(26-3)12-10-19/h4-12,18,21H,13-16H2,1-3H3,(H,24,25)/t18-,21-/m0/s1. The number of nitrogens with one attached hydrogen (secondary N) is 1. The van der Waals surface area contributed by atoms with E-state index in [0.717, 1.165) is 30.9 Å². The zero-order valence-electron chi connectivity index (χ0n) is 16.4. The average molecular weight is 367 g/mol. The van der Waals surface area contributed by atoms with Crippen LogP contribution in [0.4, 0.5) is 5.69 Å². The Morgan fingerprint density at radius 2 is 1.89 bits per heavy atom. The van der Waals surface area contributed by atoms with Crippen LogP contribution < -0.4 is 10.1 Å². The number of benzene rings is 2. The summed E-state index contributed by atoms with van der Waals surface area (Å²) in [5.41, 5.74) is 1.88. The molecule has 1 heterocycles. The van der Waals surface area contributed by atoms with Crippen molar-refractivity contribution in [3.05, 3.63) is 60.2 Å². The van der Waals surface area contributed by atoms with Gasteiger partial charge in [0.2, 0.25) is 5.91 Å². The lowest BCUT2D eigenvalue weighted by molar-refractivity contribution is -0.118. The second-order valence-corrected chi connectivity index (χ2v) is 7.86.